The van der Waals surface area contributed by atoms with E-state index in [-0.39, 0.29) is 5.82 Å². The Morgan fingerprint density at radius 1 is 1.25 bits per heavy atom. The minimum Gasteiger partial charge on any atom is -0.387 e. The van der Waals surface area contributed by atoms with E-state index >= 15 is 0 Å². The second-order valence-corrected chi connectivity index (χ2v) is 4.63. The van der Waals surface area contributed by atoms with Gasteiger partial charge in [0, 0.05) is 24.8 Å². The van der Waals surface area contributed by atoms with Gasteiger partial charge in [0.25, 0.3) is 0 Å². The maximum atomic E-state index is 13.5. The van der Waals surface area contributed by atoms with E-state index < -0.39 is 6.10 Å². The van der Waals surface area contributed by atoms with Crippen molar-refractivity contribution >= 4 is 0 Å². The van der Waals surface area contributed by atoms with Gasteiger partial charge in [0.2, 0.25) is 0 Å². The van der Waals surface area contributed by atoms with Crippen LogP contribution in [0.2, 0.25) is 0 Å². The topological polar surface area (TPSA) is 45.2 Å². The van der Waals surface area contributed by atoms with Crippen molar-refractivity contribution in [3.8, 4) is 0 Å². The van der Waals surface area contributed by atoms with Crippen LogP contribution in [0.1, 0.15) is 29.8 Å². The first kappa shape index (κ1) is 14.6. The van der Waals surface area contributed by atoms with Crippen molar-refractivity contribution in [2.75, 3.05) is 6.54 Å². The van der Waals surface area contributed by atoms with Crippen LogP contribution in [0.3, 0.4) is 0 Å². The summed E-state index contributed by atoms with van der Waals surface area (Å²) in [4.78, 5) is 4.32. The van der Waals surface area contributed by atoms with Crippen molar-refractivity contribution in [3.05, 3.63) is 65.2 Å². The lowest BCUT2D eigenvalue weighted by atomic mass is 10.1. The predicted molar refractivity (Wildman–Crippen MR) is 76.7 cm³/mol. The third-order valence-corrected chi connectivity index (χ3v) is 3.26. The average molecular weight is 274 g/mol. The summed E-state index contributed by atoms with van der Waals surface area (Å²) in [7, 11) is 0. The van der Waals surface area contributed by atoms with Crippen LogP contribution >= 0.6 is 0 Å². The number of aliphatic hydroxyl groups excluding tert-OH is 1. The van der Waals surface area contributed by atoms with Crippen molar-refractivity contribution in [1.29, 1.82) is 0 Å². The van der Waals surface area contributed by atoms with Crippen LogP contribution in [-0.2, 0) is 13.0 Å². The number of rotatable bonds is 6. The summed E-state index contributed by atoms with van der Waals surface area (Å²) in [6.07, 6.45) is 1.81. The quantitative estimate of drug-likeness (QED) is 0.851. The maximum absolute atomic E-state index is 13.5. The smallest absolute Gasteiger partial charge is 0.129 e. The second-order valence-electron chi connectivity index (χ2n) is 4.63. The lowest BCUT2D eigenvalue weighted by Gasteiger charge is -2.13. The summed E-state index contributed by atoms with van der Waals surface area (Å²) < 4.78 is 13.5. The van der Waals surface area contributed by atoms with Gasteiger partial charge >= 0.3 is 0 Å². The summed E-state index contributed by atoms with van der Waals surface area (Å²) in [5.41, 5.74) is 2.47. The number of halogens is 1. The van der Waals surface area contributed by atoms with Gasteiger partial charge in [0.1, 0.15) is 5.82 Å². The van der Waals surface area contributed by atoms with E-state index in [4.69, 9.17) is 0 Å². The molecule has 1 aromatic carbocycles. The SMILES string of the molecule is CCc1cccnc1CNCC(O)c1ccccc1F. The Morgan fingerprint density at radius 3 is 2.80 bits per heavy atom. The average Bonchev–Trinajstić information content (AvgIpc) is 2.48. The van der Waals surface area contributed by atoms with Gasteiger partial charge in [-0.05, 0) is 24.1 Å². The van der Waals surface area contributed by atoms with Gasteiger partial charge in [-0.2, -0.15) is 0 Å². The molecule has 2 N–H and O–H groups in total. The molecule has 0 aliphatic rings. The van der Waals surface area contributed by atoms with E-state index in [1.54, 1.807) is 24.4 Å². The number of benzene rings is 1. The minimum absolute atomic E-state index is 0.292. The molecular weight excluding hydrogens is 255 g/mol. The zero-order valence-corrected chi connectivity index (χ0v) is 11.5. The number of aliphatic hydroxyl groups is 1. The van der Waals surface area contributed by atoms with Gasteiger partial charge in [-0.25, -0.2) is 4.39 Å². The number of nitrogens with zero attached hydrogens (tertiary/aromatic N) is 1. The lowest BCUT2D eigenvalue weighted by molar-refractivity contribution is 0.169. The van der Waals surface area contributed by atoms with Gasteiger partial charge in [-0.1, -0.05) is 31.2 Å². The first-order chi connectivity index (χ1) is 9.72. The van der Waals surface area contributed by atoms with Crippen LogP contribution in [0.25, 0.3) is 0 Å². The zero-order valence-electron chi connectivity index (χ0n) is 11.5. The van der Waals surface area contributed by atoms with Gasteiger partial charge in [-0.15, -0.1) is 0 Å². The highest BCUT2D eigenvalue weighted by Crippen LogP contribution is 2.15. The third kappa shape index (κ3) is 3.62. The molecule has 106 valence electrons. The van der Waals surface area contributed by atoms with Crippen LogP contribution in [0.15, 0.2) is 42.6 Å². The molecule has 0 saturated carbocycles. The van der Waals surface area contributed by atoms with E-state index in [1.165, 1.54) is 11.6 Å². The Labute approximate surface area is 118 Å². The fraction of sp³-hybridized carbons (Fsp3) is 0.312. The Balaban J connectivity index is 1.91. The van der Waals surface area contributed by atoms with Gasteiger partial charge < -0.3 is 10.4 Å². The number of aromatic nitrogens is 1. The normalized spacial score (nSPS) is 12.3. The van der Waals surface area contributed by atoms with E-state index in [9.17, 15) is 9.50 Å². The van der Waals surface area contributed by atoms with E-state index in [1.807, 2.05) is 12.1 Å². The van der Waals surface area contributed by atoms with Crippen LogP contribution in [-0.4, -0.2) is 16.6 Å². The number of hydrogen-bond acceptors (Lipinski definition) is 3. The molecular formula is C16H19FN2O. The summed E-state index contributed by atoms with van der Waals surface area (Å²) in [5, 5.41) is 13.1. The first-order valence-electron chi connectivity index (χ1n) is 6.78. The molecule has 0 spiro atoms. The lowest BCUT2D eigenvalue weighted by Crippen LogP contribution is -2.22. The molecule has 2 rings (SSSR count). The molecule has 0 fully saturated rings. The zero-order chi connectivity index (χ0) is 14.4. The first-order valence-corrected chi connectivity index (χ1v) is 6.78. The number of hydrogen-bond donors (Lipinski definition) is 2. The van der Waals surface area contributed by atoms with Gasteiger partial charge in [-0.3, -0.25) is 4.98 Å². The molecule has 2 aromatic rings. The highest BCUT2D eigenvalue weighted by atomic mass is 19.1. The van der Waals surface area contributed by atoms with Crippen LogP contribution in [0.5, 0.6) is 0 Å². The second kappa shape index (κ2) is 7.12. The predicted octanol–water partition coefficient (Wildman–Crippen LogP) is 2.61. The number of aryl methyl sites for hydroxylation is 1. The van der Waals surface area contributed by atoms with Crippen molar-refractivity contribution in [1.82, 2.24) is 10.3 Å². The molecule has 3 nitrogen and oxygen atoms in total. The fourth-order valence-corrected chi connectivity index (χ4v) is 2.13. The highest BCUT2D eigenvalue weighted by Gasteiger charge is 2.11. The Hall–Kier alpha value is -1.78. The third-order valence-electron chi connectivity index (χ3n) is 3.26. The molecule has 0 amide bonds. The van der Waals surface area contributed by atoms with Crippen molar-refractivity contribution < 1.29 is 9.50 Å². The van der Waals surface area contributed by atoms with Gasteiger partial charge in [0.15, 0.2) is 0 Å². The molecule has 0 bridgehead atoms. The molecule has 0 aliphatic heterocycles. The largest absolute Gasteiger partial charge is 0.387 e. The molecule has 0 saturated heterocycles. The van der Waals surface area contributed by atoms with E-state index in [0.717, 1.165) is 12.1 Å². The number of nitrogens with one attached hydrogen (secondary N) is 1. The molecule has 0 radical (unpaired) electrons. The summed E-state index contributed by atoms with van der Waals surface area (Å²) in [6.45, 7) is 2.94. The molecule has 0 aliphatic carbocycles. The van der Waals surface area contributed by atoms with E-state index in [2.05, 4.69) is 17.2 Å². The Kier molecular flexibility index (Phi) is 5.21. The minimum atomic E-state index is -0.856. The summed E-state index contributed by atoms with van der Waals surface area (Å²) >= 11 is 0. The molecule has 1 unspecified atom stereocenters. The molecule has 1 aromatic heterocycles. The number of pyridine rings is 1. The summed E-state index contributed by atoms with van der Waals surface area (Å²) in [6, 6.07) is 10.2. The van der Waals surface area contributed by atoms with Crippen LogP contribution < -0.4 is 5.32 Å². The Morgan fingerprint density at radius 2 is 2.05 bits per heavy atom. The van der Waals surface area contributed by atoms with Crippen molar-refractivity contribution in [2.24, 2.45) is 0 Å². The van der Waals surface area contributed by atoms with Crippen molar-refractivity contribution in [2.45, 2.75) is 26.0 Å². The maximum Gasteiger partial charge on any atom is 0.129 e. The molecule has 4 heteroatoms. The van der Waals surface area contributed by atoms with Crippen LogP contribution in [0.4, 0.5) is 4.39 Å². The van der Waals surface area contributed by atoms with Crippen LogP contribution in [0, 0.1) is 5.82 Å². The van der Waals surface area contributed by atoms with Crippen molar-refractivity contribution in [3.63, 3.8) is 0 Å². The molecule has 20 heavy (non-hydrogen) atoms. The molecule has 1 heterocycles. The van der Waals surface area contributed by atoms with Gasteiger partial charge in [0.05, 0.1) is 11.8 Å². The highest BCUT2D eigenvalue weighted by molar-refractivity contribution is 5.21. The molecule has 1 atom stereocenters. The van der Waals surface area contributed by atoms with E-state index in [0.29, 0.717) is 18.7 Å². The summed E-state index contributed by atoms with van der Waals surface area (Å²) in [5.74, 6) is -0.381. The fourth-order valence-electron chi connectivity index (χ4n) is 2.13. The monoisotopic (exact) mass is 274 g/mol. The standard InChI is InChI=1S/C16H19FN2O/c1-2-12-6-5-9-19-15(12)10-18-11-16(20)13-7-3-4-8-14(13)17/h3-9,16,18,20H,2,10-11H2,1H3. The Bertz CT molecular complexity index is 560.